The van der Waals surface area contributed by atoms with Crippen LogP contribution in [0.15, 0.2) is 43.0 Å². The van der Waals surface area contributed by atoms with Crippen molar-refractivity contribution in [1.29, 1.82) is 0 Å². The van der Waals surface area contributed by atoms with Gasteiger partial charge in [0, 0.05) is 12.2 Å². The summed E-state index contributed by atoms with van der Waals surface area (Å²) in [7, 11) is 0. The minimum Gasteiger partial charge on any atom is -0.323 e. The zero-order chi connectivity index (χ0) is 18.7. The molecule has 6 nitrogen and oxygen atoms in total. The second-order valence-corrected chi connectivity index (χ2v) is 7.21. The molecule has 2 aliphatic rings. The van der Waals surface area contributed by atoms with Gasteiger partial charge in [0.05, 0.1) is 0 Å². The van der Waals surface area contributed by atoms with E-state index in [1.54, 1.807) is 6.08 Å². The lowest BCUT2D eigenvalue weighted by Gasteiger charge is -2.33. The first kappa shape index (κ1) is 18.2. The number of rotatable bonds is 5. The molecule has 1 saturated heterocycles. The van der Waals surface area contributed by atoms with E-state index in [0.29, 0.717) is 31.0 Å². The SMILES string of the molecule is C=CCN(C(=O)CN1C(=O)NC2(CCC(C)CC2)C1=O)c1ccccc1. The topological polar surface area (TPSA) is 69.7 Å². The Morgan fingerprint density at radius 1 is 1.31 bits per heavy atom. The van der Waals surface area contributed by atoms with Crippen molar-refractivity contribution in [3.63, 3.8) is 0 Å². The number of benzene rings is 1. The van der Waals surface area contributed by atoms with Crippen LogP contribution in [-0.2, 0) is 9.59 Å². The maximum Gasteiger partial charge on any atom is 0.325 e. The van der Waals surface area contributed by atoms with Crippen LogP contribution < -0.4 is 10.2 Å². The quantitative estimate of drug-likeness (QED) is 0.652. The van der Waals surface area contributed by atoms with E-state index in [1.807, 2.05) is 30.3 Å². The summed E-state index contributed by atoms with van der Waals surface area (Å²) in [6, 6.07) is 8.71. The third-order valence-corrected chi connectivity index (χ3v) is 5.35. The summed E-state index contributed by atoms with van der Waals surface area (Å²) in [5.74, 6) is -0.0163. The number of urea groups is 1. The van der Waals surface area contributed by atoms with E-state index in [2.05, 4.69) is 18.8 Å². The number of nitrogens with one attached hydrogen (secondary N) is 1. The van der Waals surface area contributed by atoms with E-state index in [4.69, 9.17) is 0 Å². The number of para-hydroxylation sites is 1. The lowest BCUT2D eigenvalue weighted by atomic mass is 9.77. The predicted octanol–water partition coefficient (Wildman–Crippen LogP) is 2.71. The molecule has 0 unspecified atom stereocenters. The molecule has 1 N–H and O–H groups in total. The third kappa shape index (κ3) is 3.36. The maximum atomic E-state index is 12.9. The molecule has 6 heteroatoms. The highest BCUT2D eigenvalue weighted by atomic mass is 16.2. The number of nitrogens with zero attached hydrogens (tertiary/aromatic N) is 2. The van der Waals surface area contributed by atoms with Gasteiger partial charge in [-0.2, -0.15) is 0 Å². The van der Waals surface area contributed by atoms with Crippen molar-refractivity contribution in [2.75, 3.05) is 18.0 Å². The lowest BCUT2D eigenvalue weighted by molar-refractivity contribution is -0.135. The van der Waals surface area contributed by atoms with Gasteiger partial charge >= 0.3 is 6.03 Å². The number of carbonyl (C=O) groups is 3. The highest BCUT2D eigenvalue weighted by molar-refractivity contribution is 6.10. The molecule has 0 aromatic heterocycles. The first-order valence-electron chi connectivity index (χ1n) is 9.07. The second kappa shape index (κ2) is 7.32. The fraction of sp³-hybridized carbons (Fsp3) is 0.450. The van der Waals surface area contributed by atoms with Crippen molar-refractivity contribution < 1.29 is 14.4 Å². The number of carbonyl (C=O) groups excluding carboxylic acids is 3. The van der Waals surface area contributed by atoms with Crippen molar-refractivity contribution in [3.05, 3.63) is 43.0 Å². The molecule has 1 aromatic rings. The second-order valence-electron chi connectivity index (χ2n) is 7.21. The third-order valence-electron chi connectivity index (χ3n) is 5.35. The van der Waals surface area contributed by atoms with Crippen molar-refractivity contribution in [1.82, 2.24) is 10.2 Å². The van der Waals surface area contributed by atoms with Crippen LogP contribution in [0.25, 0.3) is 0 Å². The molecule has 1 spiro atoms. The molecule has 1 aliphatic heterocycles. The molecular weight excluding hydrogens is 330 g/mol. The minimum absolute atomic E-state index is 0.259. The predicted molar refractivity (Wildman–Crippen MR) is 99.6 cm³/mol. The van der Waals surface area contributed by atoms with E-state index in [-0.39, 0.29) is 18.4 Å². The maximum absolute atomic E-state index is 12.9. The summed E-state index contributed by atoms with van der Waals surface area (Å²) in [4.78, 5) is 40.7. The molecule has 26 heavy (non-hydrogen) atoms. The molecule has 0 atom stereocenters. The average Bonchev–Trinajstić information content (AvgIpc) is 2.87. The lowest BCUT2D eigenvalue weighted by Crippen LogP contribution is -2.50. The van der Waals surface area contributed by atoms with Gasteiger partial charge in [0.15, 0.2) is 0 Å². The molecule has 0 radical (unpaired) electrons. The number of hydrogen-bond acceptors (Lipinski definition) is 3. The van der Waals surface area contributed by atoms with E-state index >= 15 is 0 Å². The molecule has 1 aliphatic carbocycles. The van der Waals surface area contributed by atoms with Crippen molar-refractivity contribution >= 4 is 23.5 Å². The van der Waals surface area contributed by atoms with Gasteiger partial charge in [0.2, 0.25) is 5.91 Å². The molecule has 0 bridgehead atoms. The van der Waals surface area contributed by atoms with Gasteiger partial charge in [0.1, 0.15) is 12.1 Å². The Bertz CT molecular complexity index is 708. The Morgan fingerprint density at radius 2 is 1.96 bits per heavy atom. The van der Waals surface area contributed by atoms with Gasteiger partial charge in [-0.1, -0.05) is 31.2 Å². The molecule has 4 amide bonds. The molecule has 3 rings (SSSR count). The molecular formula is C20H25N3O3. The molecule has 138 valence electrons. The number of hydrogen-bond donors (Lipinski definition) is 1. The Labute approximate surface area is 153 Å². The van der Waals surface area contributed by atoms with E-state index in [0.717, 1.165) is 17.7 Å². The fourth-order valence-corrected chi connectivity index (χ4v) is 3.72. The monoisotopic (exact) mass is 355 g/mol. The smallest absolute Gasteiger partial charge is 0.323 e. The van der Waals surface area contributed by atoms with Crippen molar-refractivity contribution in [2.45, 2.75) is 38.1 Å². The Balaban J connectivity index is 1.75. The Morgan fingerprint density at radius 3 is 2.58 bits per heavy atom. The first-order chi connectivity index (χ1) is 12.5. The van der Waals surface area contributed by atoms with Gasteiger partial charge < -0.3 is 10.2 Å². The zero-order valence-corrected chi connectivity index (χ0v) is 15.1. The summed E-state index contributed by atoms with van der Waals surface area (Å²) >= 11 is 0. The van der Waals surface area contributed by atoms with E-state index < -0.39 is 11.6 Å². The molecule has 2 fully saturated rings. The molecule has 1 aromatic carbocycles. The highest BCUT2D eigenvalue weighted by Crippen LogP contribution is 2.36. The van der Waals surface area contributed by atoms with E-state index in [1.165, 1.54) is 4.90 Å². The van der Waals surface area contributed by atoms with Crippen LogP contribution in [0, 0.1) is 5.92 Å². The van der Waals surface area contributed by atoms with Crippen LogP contribution in [0.2, 0.25) is 0 Å². The fourth-order valence-electron chi connectivity index (χ4n) is 3.72. The first-order valence-corrected chi connectivity index (χ1v) is 9.07. The highest BCUT2D eigenvalue weighted by Gasteiger charge is 2.52. The molecule has 1 heterocycles. The van der Waals surface area contributed by atoms with E-state index in [9.17, 15) is 14.4 Å². The Kier molecular flexibility index (Phi) is 5.11. The van der Waals surface area contributed by atoms with Crippen LogP contribution in [0.3, 0.4) is 0 Å². The average molecular weight is 355 g/mol. The summed E-state index contributed by atoms with van der Waals surface area (Å²) < 4.78 is 0. The number of anilines is 1. The summed E-state index contributed by atoms with van der Waals surface area (Å²) in [5, 5.41) is 2.85. The Hall–Kier alpha value is -2.63. The van der Waals surface area contributed by atoms with Gasteiger partial charge in [-0.05, 0) is 43.7 Å². The minimum atomic E-state index is -0.820. The van der Waals surface area contributed by atoms with Crippen molar-refractivity contribution in [3.8, 4) is 0 Å². The summed E-state index contributed by atoms with van der Waals surface area (Å²) in [6.07, 6.45) is 4.71. The summed E-state index contributed by atoms with van der Waals surface area (Å²) in [6.45, 7) is 5.90. The number of imide groups is 1. The summed E-state index contributed by atoms with van der Waals surface area (Å²) in [5.41, 5.74) is -0.106. The van der Waals surface area contributed by atoms with Crippen LogP contribution in [0.5, 0.6) is 0 Å². The van der Waals surface area contributed by atoms with Crippen LogP contribution in [0.1, 0.15) is 32.6 Å². The van der Waals surface area contributed by atoms with Gasteiger partial charge in [0.25, 0.3) is 5.91 Å². The number of amides is 4. The normalized spacial score (nSPS) is 25.3. The van der Waals surface area contributed by atoms with Crippen LogP contribution in [-0.4, -0.2) is 41.4 Å². The zero-order valence-electron chi connectivity index (χ0n) is 15.1. The van der Waals surface area contributed by atoms with Gasteiger partial charge in [-0.25, -0.2) is 4.79 Å². The van der Waals surface area contributed by atoms with Gasteiger partial charge in [-0.15, -0.1) is 6.58 Å². The largest absolute Gasteiger partial charge is 0.325 e. The van der Waals surface area contributed by atoms with Gasteiger partial charge in [-0.3, -0.25) is 14.5 Å². The standard InChI is InChI=1S/C20H25N3O3/c1-3-13-22(16-7-5-4-6-8-16)17(24)14-23-18(25)20(21-19(23)26)11-9-15(2)10-12-20/h3-8,15H,1,9-14H2,2H3,(H,21,26). The molecule has 1 saturated carbocycles. The van der Waals surface area contributed by atoms with Crippen LogP contribution in [0.4, 0.5) is 10.5 Å². The van der Waals surface area contributed by atoms with Crippen molar-refractivity contribution in [2.24, 2.45) is 5.92 Å². The van der Waals surface area contributed by atoms with Crippen LogP contribution >= 0.6 is 0 Å².